The third kappa shape index (κ3) is 3.19. The van der Waals surface area contributed by atoms with E-state index in [-0.39, 0.29) is 5.91 Å². The lowest BCUT2D eigenvalue weighted by Gasteiger charge is -2.06. The number of benzene rings is 2. The van der Waals surface area contributed by atoms with Crippen LogP contribution < -0.4 is 5.32 Å². The number of hydrogen-bond donors (Lipinski definition) is 2. The Morgan fingerprint density at radius 1 is 1.09 bits per heavy atom. The number of para-hydroxylation sites is 1. The van der Waals surface area contributed by atoms with Crippen molar-refractivity contribution in [2.45, 2.75) is 26.2 Å². The largest absolute Gasteiger partial charge is 0.355 e. The molecular weight excluding hydrogens is 272 g/mol. The van der Waals surface area contributed by atoms with Crippen LogP contribution in [-0.4, -0.2) is 10.9 Å². The van der Waals surface area contributed by atoms with Gasteiger partial charge in [0.15, 0.2) is 0 Å². The molecule has 0 aliphatic rings. The Hall–Kier alpha value is -2.55. The van der Waals surface area contributed by atoms with Gasteiger partial charge in [-0.25, -0.2) is 0 Å². The van der Waals surface area contributed by atoms with Crippen molar-refractivity contribution >= 4 is 22.5 Å². The first-order chi connectivity index (χ1) is 10.8. The molecule has 0 unspecified atom stereocenters. The van der Waals surface area contributed by atoms with Crippen LogP contribution >= 0.6 is 0 Å². The molecule has 0 bridgehead atoms. The van der Waals surface area contributed by atoms with Crippen molar-refractivity contribution in [3.63, 3.8) is 0 Å². The van der Waals surface area contributed by atoms with Crippen molar-refractivity contribution in [2.75, 3.05) is 5.32 Å². The molecule has 3 rings (SSSR count). The minimum Gasteiger partial charge on any atom is -0.355 e. The van der Waals surface area contributed by atoms with Crippen molar-refractivity contribution < 1.29 is 4.79 Å². The van der Waals surface area contributed by atoms with E-state index >= 15 is 0 Å². The summed E-state index contributed by atoms with van der Waals surface area (Å²) < 4.78 is 0. The predicted molar refractivity (Wildman–Crippen MR) is 91.9 cm³/mol. The van der Waals surface area contributed by atoms with Gasteiger partial charge < -0.3 is 10.3 Å². The number of H-pyrrole nitrogens is 1. The van der Waals surface area contributed by atoms with Crippen LogP contribution in [0.2, 0.25) is 0 Å². The molecule has 3 nitrogen and oxygen atoms in total. The molecule has 2 aromatic carbocycles. The molecule has 0 radical (unpaired) electrons. The van der Waals surface area contributed by atoms with Gasteiger partial charge >= 0.3 is 0 Å². The molecule has 0 atom stereocenters. The highest BCUT2D eigenvalue weighted by molar-refractivity contribution is 5.92. The Bertz CT molecular complexity index is 756. The molecule has 0 saturated heterocycles. The molecule has 2 N–H and O–H groups in total. The highest BCUT2D eigenvalue weighted by Gasteiger charge is 2.06. The monoisotopic (exact) mass is 292 g/mol. The molecule has 0 saturated carbocycles. The first kappa shape index (κ1) is 14.4. The van der Waals surface area contributed by atoms with E-state index in [9.17, 15) is 4.79 Å². The fourth-order valence-electron chi connectivity index (χ4n) is 2.55. The number of hydrogen-bond acceptors (Lipinski definition) is 1. The van der Waals surface area contributed by atoms with Gasteiger partial charge in [0.25, 0.3) is 0 Å². The normalized spacial score (nSPS) is 10.8. The molecule has 3 heteroatoms. The Morgan fingerprint density at radius 3 is 2.77 bits per heavy atom. The predicted octanol–water partition coefficient (Wildman–Crippen LogP) is 4.96. The second-order valence-electron chi connectivity index (χ2n) is 5.50. The number of anilines is 1. The van der Waals surface area contributed by atoms with Crippen molar-refractivity contribution in [1.82, 2.24) is 4.98 Å². The zero-order valence-electron chi connectivity index (χ0n) is 12.7. The molecule has 22 heavy (non-hydrogen) atoms. The van der Waals surface area contributed by atoms with E-state index in [1.54, 1.807) is 0 Å². The average molecular weight is 292 g/mol. The van der Waals surface area contributed by atoms with E-state index in [1.807, 2.05) is 36.4 Å². The highest BCUT2D eigenvalue weighted by atomic mass is 16.1. The van der Waals surface area contributed by atoms with Gasteiger partial charge in [-0.1, -0.05) is 43.7 Å². The summed E-state index contributed by atoms with van der Waals surface area (Å²) in [7, 11) is 0. The van der Waals surface area contributed by atoms with Crippen LogP contribution in [-0.2, 0) is 4.79 Å². The molecule has 3 aromatic rings. The zero-order chi connectivity index (χ0) is 15.4. The summed E-state index contributed by atoms with van der Waals surface area (Å²) in [6.45, 7) is 2.09. The molecule has 1 aromatic heterocycles. The molecule has 0 fully saturated rings. The number of aromatic amines is 1. The fraction of sp³-hybridized carbons (Fsp3) is 0.211. The molecule has 0 aliphatic carbocycles. The maximum atomic E-state index is 11.8. The van der Waals surface area contributed by atoms with E-state index in [1.165, 1.54) is 5.39 Å². The van der Waals surface area contributed by atoms with Gasteiger partial charge in [-0.05, 0) is 30.7 Å². The first-order valence-electron chi connectivity index (χ1n) is 7.74. The SMILES string of the molecule is CCCCC(=O)Nc1cccc(-c2cc3ccccc3[nH]2)c1. The van der Waals surface area contributed by atoms with Crippen LogP contribution in [0.1, 0.15) is 26.2 Å². The van der Waals surface area contributed by atoms with Crippen molar-refractivity contribution in [3.05, 3.63) is 54.6 Å². The summed E-state index contributed by atoms with van der Waals surface area (Å²) in [4.78, 5) is 15.3. The molecule has 0 aliphatic heterocycles. The van der Waals surface area contributed by atoms with Crippen LogP contribution in [0.5, 0.6) is 0 Å². The highest BCUT2D eigenvalue weighted by Crippen LogP contribution is 2.26. The lowest BCUT2D eigenvalue weighted by atomic mass is 10.1. The smallest absolute Gasteiger partial charge is 0.224 e. The lowest BCUT2D eigenvalue weighted by Crippen LogP contribution is -2.10. The van der Waals surface area contributed by atoms with Crippen LogP contribution in [0.25, 0.3) is 22.2 Å². The third-order valence-electron chi connectivity index (χ3n) is 3.74. The summed E-state index contributed by atoms with van der Waals surface area (Å²) in [5.74, 6) is 0.0793. The fourth-order valence-corrected chi connectivity index (χ4v) is 2.55. The molecule has 1 heterocycles. The minimum absolute atomic E-state index is 0.0793. The van der Waals surface area contributed by atoms with Crippen LogP contribution in [0, 0.1) is 0 Å². The van der Waals surface area contributed by atoms with Crippen molar-refractivity contribution in [3.8, 4) is 11.3 Å². The summed E-state index contributed by atoms with van der Waals surface area (Å²) in [6.07, 6.45) is 2.53. The maximum absolute atomic E-state index is 11.8. The molecule has 112 valence electrons. The topological polar surface area (TPSA) is 44.9 Å². The Morgan fingerprint density at radius 2 is 1.95 bits per heavy atom. The lowest BCUT2D eigenvalue weighted by molar-refractivity contribution is -0.116. The van der Waals surface area contributed by atoms with Gasteiger partial charge in [-0.3, -0.25) is 4.79 Å². The number of aromatic nitrogens is 1. The second-order valence-corrected chi connectivity index (χ2v) is 5.50. The summed E-state index contributed by atoms with van der Waals surface area (Å²) in [5, 5.41) is 4.16. The van der Waals surface area contributed by atoms with Crippen LogP contribution in [0.3, 0.4) is 0 Å². The van der Waals surface area contributed by atoms with E-state index in [4.69, 9.17) is 0 Å². The number of carbonyl (C=O) groups excluding carboxylic acids is 1. The summed E-state index contributed by atoms with van der Waals surface area (Å²) in [6, 6.07) is 18.3. The molecule has 0 spiro atoms. The van der Waals surface area contributed by atoms with Gasteiger partial charge in [-0.15, -0.1) is 0 Å². The zero-order valence-corrected chi connectivity index (χ0v) is 12.7. The van der Waals surface area contributed by atoms with Gasteiger partial charge in [0, 0.05) is 34.3 Å². The standard InChI is InChI=1S/C19H20N2O/c1-2-3-11-19(22)20-16-9-6-8-14(12-16)18-13-15-7-4-5-10-17(15)21-18/h4-10,12-13,21H,2-3,11H2,1H3,(H,20,22). The number of fused-ring (bicyclic) bond motifs is 1. The Kier molecular flexibility index (Phi) is 4.24. The molecular formula is C19H20N2O. The second kappa shape index (κ2) is 6.48. The maximum Gasteiger partial charge on any atom is 0.224 e. The number of carbonyl (C=O) groups is 1. The average Bonchev–Trinajstić information content (AvgIpc) is 2.97. The van der Waals surface area contributed by atoms with Crippen LogP contribution in [0.15, 0.2) is 54.6 Å². The number of unbranched alkanes of at least 4 members (excludes halogenated alkanes) is 1. The number of nitrogens with one attached hydrogen (secondary N) is 2. The van der Waals surface area contributed by atoms with Gasteiger partial charge in [0.05, 0.1) is 0 Å². The van der Waals surface area contributed by atoms with E-state index in [0.717, 1.165) is 35.3 Å². The van der Waals surface area contributed by atoms with E-state index in [0.29, 0.717) is 6.42 Å². The van der Waals surface area contributed by atoms with Gasteiger partial charge in [0.1, 0.15) is 0 Å². The van der Waals surface area contributed by atoms with E-state index in [2.05, 4.69) is 35.4 Å². The third-order valence-corrected chi connectivity index (χ3v) is 3.74. The number of amides is 1. The summed E-state index contributed by atoms with van der Waals surface area (Å²) >= 11 is 0. The van der Waals surface area contributed by atoms with Crippen molar-refractivity contribution in [2.24, 2.45) is 0 Å². The Labute approximate surface area is 130 Å². The summed E-state index contributed by atoms with van der Waals surface area (Å²) in [5.41, 5.74) is 4.10. The van der Waals surface area contributed by atoms with E-state index < -0.39 is 0 Å². The quantitative estimate of drug-likeness (QED) is 0.685. The van der Waals surface area contributed by atoms with Crippen molar-refractivity contribution in [1.29, 1.82) is 0 Å². The van der Waals surface area contributed by atoms with Gasteiger partial charge in [0.2, 0.25) is 5.91 Å². The minimum atomic E-state index is 0.0793. The van der Waals surface area contributed by atoms with Gasteiger partial charge in [-0.2, -0.15) is 0 Å². The number of rotatable bonds is 5. The molecule has 1 amide bonds. The first-order valence-corrected chi connectivity index (χ1v) is 7.74. The Balaban J connectivity index is 1.82. The van der Waals surface area contributed by atoms with Crippen LogP contribution in [0.4, 0.5) is 5.69 Å².